The Morgan fingerprint density at radius 2 is 2.00 bits per heavy atom. The minimum Gasteiger partial charge on any atom is -0.382 e. The van der Waals surface area contributed by atoms with Gasteiger partial charge < -0.3 is 10.1 Å². The Bertz CT molecular complexity index is 588. The predicted octanol–water partition coefficient (Wildman–Crippen LogP) is 2.81. The normalized spacial score (nSPS) is 13.8. The summed E-state index contributed by atoms with van der Waals surface area (Å²) in [5, 5.41) is 3.20. The first-order chi connectivity index (χ1) is 9.52. The van der Waals surface area contributed by atoms with E-state index in [2.05, 4.69) is 10.0 Å². The predicted molar refractivity (Wildman–Crippen MR) is 83.7 cm³/mol. The van der Waals surface area contributed by atoms with Gasteiger partial charge in [0.25, 0.3) is 0 Å². The summed E-state index contributed by atoms with van der Waals surface area (Å²) >= 11 is 0. The van der Waals surface area contributed by atoms with Crippen LogP contribution in [0, 0.1) is 5.82 Å². The number of benzene rings is 1. The zero-order valence-corrected chi connectivity index (χ0v) is 13.8. The van der Waals surface area contributed by atoms with Gasteiger partial charge in [0.2, 0.25) is 10.0 Å². The van der Waals surface area contributed by atoms with E-state index in [4.69, 9.17) is 4.74 Å². The second-order valence-corrected chi connectivity index (χ2v) is 7.53. The highest BCUT2D eigenvalue weighted by molar-refractivity contribution is 7.92. The molecule has 0 aliphatic carbocycles. The highest BCUT2D eigenvalue weighted by Crippen LogP contribution is 2.23. The maximum atomic E-state index is 13.6. The third-order valence-electron chi connectivity index (χ3n) is 3.03. The van der Waals surface area contributed by atoms with Crippen LogP contribution in [0.5, 0.6) is 0 Å². The second kappa shape index (κ2) is 6.62. The number of nitrogens with one attached hydrogen (secondary N) is 2. The fourth-order valence-corrected chi connectivity index (χ4v) is 2.61. The molecule has 0 fully saturated rings. The first-order valence-corrected chi connectivity index (χ1v) is 8.50. The fraction of sp³-hybridized carbons (Fsp3) is 0.571. The van der Waals surface area contributed by atoms with Crippen molar-refractivity contribution in [2.75, 3.05) is 23.4 Å². The van der Waals surface area contributed by atoms with Gasteiger partial charge in [0.1, 0.15) is 5.82 Å². The van der Waals surface area contributed by atoms with Crippen LogP contribution in [-0.2, 0) is 14.8 Å². The number of rotatable bonds is 7. The van der Waals surface area contributed by atoms with Crippen LogP contribution in [0.1, 0.15) is 27.2 Å². The van der Waals surface area contributed by atoms with Crippen molar-refractivity contribution in [2.45, 2.75) is 38.8 Å². The maximum Gasteiger partial charge on any atom is 0.229 e. The molecule has 0 bridgehead atoms. The molecule has 1 rings (SSSR count). The lowest BCUT2D eigenvalue weighted by Crippen LogP contribution is -2.31. The summed E-state index contributed by atoms with van der Waals surface area (Å²) in [4.78, 5) is 0. The monoisotopic (exact) mass is 318 g/mol. The molecule has 0 spiro atoms. The molecule has 0 aliphatic rings. The minimum atomic E-state index is -3.52. The van der Waals surface area contributed by atoms with Crippen LogP contribution in [0.25, 0.3) is 0 Å². The molecule has 0 saturated heterocycles. The van der Waals surface area contributed by atoms with Gasteiger partial charge in [0.05, 0.1) is 17.5 Å². The minimum absolute atomic E-state index is 0.0688. The largest absolute Gasteiger partial charge is 0.382 e. The summed E-state index contributed by atoms with van der Waals surface area (Å²) in [6, 6.07) is 4.31. The van der Waals surface area contributed by atoms with Crippen LogP contribution in [-0.4, -0.2) is 33.4 Å². The van der Waals surface area contributed by atoms with Gasteiger partial charge in [-0.15, -0.1) is 0 Å². The van der Waals surface area contributed by atoms with Crippen LogP contribution in [0.15, 0.2) is 18.2 Å². The second-order valence-electron chi connectivity index (χ2n) is 5.78. The van der Waals surface area contributed by atoms with Crippen molar-refractivity contribution in [1.82, 2.24) is 0 Å². The standard InChI is InChI=1S/C14H23FN2O3S/c1-10(9-14(2,3)20-4)16-11-6-7-12(15)13(8-11)17-21(5,18)19/h6-8,10,16-17H,9H2,1-5H3. The fourth-order valence-electron chi connectivity index (χ4n) is 2.05. The third kappa shape index (κ3) is 6.31. The number of ether oxygens (including phenoxy) is 1. The zero-order chi connectivity index (χ0) is 16.3. The van der Waals surface area contributed by atoms with E-state index >= 15 is 0 Å². The average Bonchev–Trinajstić information content (AvgIpc) is 2.31. The molecule has 2 N–H and O–H groups in total. The maximum absolute atomic E-state index is 13.6. The Morgan fingerprint density at radius 1 is 1.38 bits per heavy atom. The molecule has 0 aromatic heterocycles. The Hall–Kier alpha value is -1.34. The molecule has 1 aromatic rings. The SMILES string of the molecule is COC(C)(C)CC(C)Nc1ccc(F)c(NS(C)(=O)=O)c1. The summed E-state index contributed by atoms with van der Waals surface area (Å²) in [6.45, 7) is 5.94. The Kier molecular flexibility index (Phi) is 5.58. The van der Waals surface area contributed by atoms with E-state index in [9.17, 15) is 12.8 Å². The van der Waals surface area contributed by atoms with Gasteiger partial charge in [-0.1, -0.05) is 0 Å². The van der Waals surface area contributed by atoms with Crippen LogP contribution in [0.2, 0.25) is 0 Å². The number of halogens is 1. The van der Waals surface area contributed by atoms with Crippen LogP contribution in [0.4, 0.5) is 15.8 Å². The first-order valence-electron chi connectivity index (χ1n) is 6.61. The van der Waals surface area contributed by atoms with Gasteiger partial charge in [-0.05, 0) is 45.4 Å². The van der Waals surface area contributed by atoms with Crippen LogP contribution < -0.4 is 10.0 Å². The molecule has 7 heteroatoms. The van der Waals surface area contributed by atoms with Crippen LogP contribution >= 0.6 is 0 Å². The number of anilines is 2. The Morgan fingerprint density at radius 3 is 2.52 bits per heavy atom. The van der Waals surface area contributed by atoms with Crippen molar-refractivity contribution in [1.29, 1.82) is 0 Å². The van der Waals surface area contributed by atoms with E-state index in [0.29, 0.717) is 5.69 Å². The highest BCUT2D eigenvalue weighted by atomic mass is 32.2. The van der Waals surface area contributed by atoms with Gasteiger partial charge in [-0.25, -0.2) is 12.8 Å². The van der Waals surface area contributed by atoms with Crippen LogP contribution in [0.3, 0.4) is 0 Å². The molecule has 21 heavy (non-hydrogen) atoms. The third-order valence-corrected chi connectivity index (χ3v) is 3.62. The van der Waals surface area contributed by atoms with E-state index in [-0.39, 0.29) is 17.3 Å². The van der Waals surface area contributed by atoms with E-state index in [0.717, 1.165) is 12.7 Å². The van der Waals surface area contributed by atoms with E-state index in [1.54, 1.807) is 13.2 Å². The molecule has 0 amide bonds. The molecule has 1 atom stereocenters. The lowest BCUT2D eigenvalue weighted by Gasteiger charge is -2.27. The van der Waals surface area contributed by atoms with Gasteiger partial charge in [-0.2, -0.15) is 0 Å². The highest BCUT2D eigenvalue weighted by Gasteiger charge is 2.20. The summed E-state index contributed by atoms with van der Waals surface area (Å²) in [6.07, 6.45) is 1.73. The molecular weight excluding hydrogens is 295 g/mol. The van der Waals surface area contributed by atoms with Gasteiger partial charge in [0, 0.05) is 18.8 Å². The number of hydrogen-bond donors (Lipinski definition) is 2. The number of sulfonamides is 1. The van der Waals surface area contributed by atoms with Crippen molar-refractivity contribution in [3.8, 4) is 0 Å². The van der Waals surface area contributed by atoms with Gasteiger partial charge >= 0.3 is 0 Å². The molecule has 0 heterocycles. The topological polar surface area (TPSA) is 67.4 Å². The van der Waals surface area contributed by atoms with E-state index in [1.165, 1.54) is 12.1 Å². The van der Waals surface area contributed by atoms with E-state index < -0.39 is 15.8 Å². The molecule has 0 radical (unpaired) electrons. The Balaban J connectivity index is 2.83. The summed E-state index contributed by atoms with van der Waals surface area (Å²) < 4.78 is 43.5. The van der Waals surface area contributed by atoms with Crippen molar-refractivity contribution in [2.24, 2.45) is 0 Å². The molecule has 5 nitrogen and oxygen atoms in total. The van der Waals surface area contributed by atoms with Crippen molar-refractivity contribution < 1.29 is 17.5 Å². The van der Waals surface area contributed by atoms with Crippen molar-refractivity contribution >= 4 is 21.4 Å². The quantitative estimate of drug-likeness (QED) is 0.811. The molecule has 0 aliphatic heterocycles. The average molecular weight is 318 g/mol. The summed E-state index contributed by atoms with van der Waals surface area (Å²) in [7, 11) is -1.86. The summed E-state index contributed by atoms with van der Waals surface area (Å²) in [5.41, 5.74) is 0.294. The number of methoxy groups -OCH3 is 1. The molecule has 1 unspecified atom stereocenters. The van der Waals surface area contributed by atoms with Gasteiger partial charge in [-0.3, -0.25) is 4.72 Å². The molecule has 120 valence electrons. The first kappa shape index (κ1) is 17.7. The number of hydrogen-bond acceptors (Lipinski definition) is 4. The zero-order valence-electron chi connectivity index (χ0n) is 13.0. The lowest BCUT2D eigenvalue weighted by atomic mass is 9.99. The molecule has 0 saturated carbocycles. The lowest BCUT2D eigenvalue weighted by molar-refractivity contribution is 0.0128. The van der Waals surface area contributed by atoms with Gasteiger partial charge in [0.15, 0.2) is 0 Å². The molecular formula is C14H23FN2O3S. The van der Waals surface area contributed by atoms with E-state index in [1.807, 2.05) is 20.8 Å². The Labute approximate surface area is 125 Å². The van der Waals surface area contributed by atoms with Crippen molar-refractivity contribution in [3.05, 3.63) is 24.0 Å². The smallest absolute Gasteiger partial charge is 0.229 e. The summed E-state index contributed by atoms with van der Waals surface area (Å²) in [5.74, 6) is -0.615. The van der Waals surface area contributed by atoms with Crippen molar-refractivity contribution in [3.63, 3.8) is 0 Å². The molecule has 1 aromatic carbocycles.